The van der Waals surface area contributed by atoms with Crippen molar-refractivity contribution in [3.63, 3.8) is 0 Å². The number of nitrogen functional groups attached to an aromatic ring is 1. The van der Waals surface area contributed by atoms with Gasteiger partial charge in [0.25, 0.3) is 5.91 Å². The Labute approximate surface area is 101 Å². The van der Waals surface area contributed by atoms with Gasteiger partial charge in [-0.1, -0.05) is 0 Å². The van der Waals surface area contributed by atoms with Crippen molar-refractivity contribution in [1.29, 1.82) is 0 Å². The molecule has 8 heteroatoms. The summed E-state index contributed by atoms with van der Waals surface area (Å²) in [5.41, 5.74) is 10.7. The molecule has 0 saturated heterocycles. The first kappa shape index (κ1) is 11.6. The minimum Gasteiger partial charge on any atom is -0.478 e. The highest BCUT2D eigenvalue weighted by Crippen LogP contribution is 2.18. The third kappa shape index (κ3) is 1.86. The molecule has 0 bridgehead atoms. The number of carboxylic acid groups (broad SMARTS) is 1. The Kier molecular flexibility index (Phi) is 2.68. The lowest BCUT2D eigenvalue weighted by Gasteiger charge is -2.06. The fourth-order valence-electron chi connectivity index (χ4n) is 1.40. The number of pyridine rings is 1. The zero-order chi connectivity index (χ0) is 13.3. The zero-order valence-electron chi connectivity index (χ0n) is 9.07. The Bertz CT molecular complexity index is 634. The summed E-state index contributed by atoms with van der Waals surface area (Å²) in [5, 5.41) is 12.8. The van der Waals surface area contributed by atoms with Crippen LogP contribution in [0.5, 0.6) is 0 Å². The molecule has 2 rings (SSSR count). The molecule has 1 amide bonds. The Morgan fingerprint density at radius 2 is 2.06 bits per heavy atom. The van der Waals surface area contributed by atoms with Gasteiger partial charge in [-0.15, -0.1) is 0 Å². The zero-order valence-corrected chi connectivity index (χ0v) is 9.07. The van der Waals surface area contributed by atoms with Crippen LogP contribution < -0.4 is 11.5 Å². The first-order valence-corrected chi connectivity index (χ1v) is 4.84. The van der Waals surface area contributed by atoms with E-state index in [9.17, 15) is 9.59 Å². The van der Waals surface area contributed by atoms with E-state index in [1.807, 2.05) is 0 Å². The van der Waals surface area contributed by atoms with Crippen molar-refractivity contribution in [2.75, 3.05) is 5.73 Å². The predicted octanol–water partition coefficient (Wildman–Crippen LogP) is -0.353. The second kappa shape index (κ2) is 4.17. The highest BCUT2D eigenvalue weighted by molar-refractivity contribution is 5.95. The second-order valence-electron chi connectivity index (χ2n) is 3.41. The van der Waals surface area contributed by atoms with E-state index in [0.29, 0.717) is 0 Å². The number of carbonyl (C=O) groups excluding carboxylic acids is 1. The van der Waals surface area contributed by atoms with Gasteiger partial charge in [0, 0.05) is 12.4 Å². The summed E-state index contributed by atoms with van der Waals surface area (Å²) in [7, 11) is 0. The van der Waals surface area contributed by atoms with Crippen molar-refractivity contribution in [2.24, 2.45) is 5.73 Å². The monoisotopic (exact) mass is 247 g/mol. The van der Waals surface area contributed by atoms with Crippen LogP contribution >= 0.6 is 0 Å². The van der Waals surface area contributed by atoms with Gasteiger partial charge in [0.1, 0.15) is 5.69 Å². The van der Waals surface area contributed by atoms with Crippen LogP contribution in [0.15, 0.2) is 24.5 Å². The predicted molar refractivity (Wildman–Crippen MR) is 61.2 cm³/mol. The van der Waals surface area contributed by atoms with Crippen molar-refractivity contribution >= 4 is 17.6 Å². The molecule has 2 heterocycles. The van der Waals surface area contributed by atoms with Crippen LogP contribution in [0.2, 0.25) is 0 Å². The van der Waals surface area contributed by atoms with Gasteiger partial charge < -0.3 is 16.6 Å². The fourth-order valence-corrected chi connectivity index (χ4v) is 1.40. The largest absolute Gasteiger partial charge is 0.478 e. The number of amides is 1. The Balaban J connectivity index is 2.53. The maximum atomic E-state index is 10.9. The molecule has 18 heavy (non-hydrogen) atoms. The third-order valence-electron chi connectivity index (χ3n) is 2.26. The number of aromatic carboxylic acids is 1. The van der Waals surface area contributed by atoms with Crippen LogP contribution in [-0.2, 0) is 0 Å². The van der Waals surface area contributed by atoms with E-state index in [4.69, 9.17) is 16.6 Å². The molecule has 0 aliphatic carbocycles. The molecule has 2 aromatic rings. The van der Waals surface area contributed by atoms with E-state index in [0.717, 1.165) is 0 Å². The average Bonchev–Trinajstić information content (AvgIpc) is 2.78. The van der Waals surface area contributed by atoms with E-state index < -0.39 is 11.9 Å². The molecular weight excluding hydrogens is 238 g/mol. The van der Waals surface area contributed by atoms with Crippen LogP contribution in [0, 0.1) is 0 Å². The van der Waals surface area contributed by atoms with Gasteiger partial charge in [0.05, 0.1) is 11.3 Å². The molecule has 0 aliphatic heterocycles. The standard InChI is InChI=1S/C10H9N5O3/c11-7-5(10(17)18)1-3-13-9(7)15-4-2-6(14-15)8(12)16/h1-4H,11H2,(H2,12,16)(H,17,18). The van der Waals surface area contributed by atoms with E-state index >= 15 is 0 Å². The van der Waals surface area contributed by atoms with Crippen molar-refractivity contribution in [3.8, 4) is 5.82 Å². The quantitative estimate of drug-likeness (QED) is 0.677. The minimum atomic E-state index is -1.17. The van der Waals surface area contributed by atoms with Crippen molar-refractivity contribution in [2.45, 2.75) is 0 Å². The molecule has 0 fully saturated rings. The number of anilines is 1. The molecule has 0 radical (unpaired) electrons. The van der Waals surface area contributed by atoms with Gasteiger partial charge in [-0.2, -0.15) is 5.10 Å². The van der Waals surface area contributed by atoms with E-state index in [1.165, 1.54) is 29.2 Å². The van der Waals surface area contributed by atoms with Crippen molar-refractivity contribution < 1.29 is 14.7 Å². The number of carbonyl (C=O) groups is 2. The molecular formula is C10H9N5O3. The van der Waals surface area contributed by atoms with Crippen LogP contribution in [-0.4, -0.2) is 31.7 Å². The summed E-state index contributed by atoms with van der Waals surface area (Å²) in [6, 6.07) is 2.66. The number of hydrogen-bond acceptors (Lipinski definition) is 5. The molecule has 2 aromatic heterocycles. The average molecular weight is 247 g/mol. The maximum absolute atomic E-state index is 10.9. The molecule has 0 saturated carbocycles. The second-order valence-corrected chi connectivity index (χ2v) is 3.41. The number of carboxylic acids is 1. The SMILES string of the molecule is NC(=O)c1ccn(-c2nccc(C(=O)O)c2N)n1. The van der Waals surface area contributed by atoms with Gasteiger partial charge in [0.15, 0.2) is 5.82 Å². The summed E-state index contributed by atoms with van der Waals surface area (Å²) >= 11 is 0. The third-order valence-corrected chi connectivity index (χ3v) is 2.26. The molecule has 0 atom stereocenters. The summed E-state index contributed by atoms with van der Waals surface area (Å²) in [5.74, 6) is -1.73. The summed E-state index contributed by atoms with van der Waals surface area (Å²) < 4.78 is 1.20. The molecule has 92 valence electrons. The van der Waals surface area contributed by atoms with Crippen LogP contribution in [0.4, 0.5) is 5.69 Å². The molecule has 5 N–H and O–H groups in total. The lowest BCUT2D eigenvalue weighted by atomic mass is 10.2. The Morgan fingerprint density at radius 1 is 1.33 bits per heavy atom. The summed E-state index contributed by atoms with van der Waals surface area (Å²) in [4.78, 5) is 25.7. The minimum absolute atomic E-state index is 0.0379. The number of aromatic nitrogens is 3. The smallest absolute Gasteiger partial charge is 0.337 e. The van der Waals surface area contributed by atoms with Crippen LogP contribution in [0.1, 0.15) is 20.8 Å². The van der Waals surface area contributed by atoms with Crippen LogP contribution in [0.3, 0.4) is 0 Å². The van der Waals surface area contributed by atoms with Gasteiger partial charge >= 0.3 is 5.97 Å². The molecule has 0 aromatic carbocycles. The first-order valence-electron chi connectivity index (χ1n) is 4.84. The Morgan fingerprint density at radius 3 is 2.61 bits per heavy atom. The molecule has 8 nitrogen and oxygen atoms in total. The topological polar surface area (TPSA) is 137 Å². The summed E-state index contributed by atoms with van der Waals surface area (Å²) in [6.45, 7) is 0. The lowest BCUT2D eigenvalue weighted by Crippen LogP contribution is -2.13. The normalized spacial score (nSPS) is 10.2. The van der Waals surface area contributed by atoms with E-state index in [-0.39, 0.29) is 22.8 Å². The van der Waals surface area contributed by atoms with Gasteiger partial charge in [-0.05, 0) is 12.1 Å². The Hall–Kier alpha value is -2.90. The van der Waals surface area contributed by atoms with Crippen molar-refractivity contribution in [3.05, 3.63) is 35.8 Å². The number of primary amides is 1. The highest BCUT2D eigenvalue weighted by atomic mass is 16.4. The van der Waals surface area contributed by atoms with E-state index in [2.05, 4.69) is 10.1 Å². The molecule has 0 aliphatic rings. The summed E-state index contributed by atoms with van der Waals surface area (Å²) in [6.07, 6.45) is 2.71. The fraction of sp³-hybridized carbons (Fsp3) is 0. The van der Waals surface area contributed by atoms with Gasteiger partial charge in [-0.3, -0.25) is 4.79 Å². The van der Waals surface area contributed by atoms with Gasteiger partial charge in [0.2, 0.25) is 0 Å². The molecule has 0 spiro atoms. The van der Waals surface area contributed by atoms with Gasteiger partial charge in [-0.25, -0.2) is 14.5 Å². The van der Waals surface area contributed by atoms with Crippen LogP contribution in [0.25, 0.3) is 5.82 Å². The molecule has 0 unspecified atom stereocenters. The lowest BCUT2D eigenvalue weighted by molar-refractivity contribution is 0.0697. The van der Waals surface area contributed by atoms with E-state index in [1.54, 1.807) is 0 Å². The number of rotatable bonds is 3. The highest BCUT2D eigenvalue weighted by Gasteiger charge is 2.15. The number of nitrogens with two attached hydrogens (primary N) is 2. The number of nitrogens with zero attached hydrogens (tertiary/aromatic N) is 3. The number of hydrogen-bond donors (Lipinski definition) is 3. The first-order chi connectivity index (χ1) is 8.50. The van der Waals surface area contributed by atoms with Crippen molar-refractivity contribution in [1.82, 2.24) is 14.8 Å². The maximum Gasteiger partial charge on any atom is 0.337 e.